The lowest BCUT2D eigenvalue weighted by molar-refractivity contribution is -0.139. The molecule has 8 rings (SSSR count). The van der Waals surface area contributed by atoms with Gasteiger partial charge in [-0.15, -0.1) is 0 Å². The number of piperidine rings is 1. The molecule has 44 heavy (non-hydrogen) atoms. The molecule has 228 valence electrons. The Hall–Kier alpha value is -4.45. The van der Waals surface area contributed by atoms with Gasteiger partial charge in [0.15, 0.2) is 0 Å². The Balaban J connectivity index is 0.980. The van der Waals surface area contributed by atoms with Crippen LogP contribution in [0.3, 0.4) is 0 Å². The molecule has 2 bridgehead atoms. The number of fused-ring (bicyclic) bond motifs is 6. The molecule has 1 aromatic carbocycles. The van der Waals surface area contributed by atoms with Crippen LogP contribution in [-0.4, -0.2) is 92.3 Å². The van der Waals surface area contributed by atoms with Crippen LogP contribution in [0.4, 0.5) is 17.6 Å². The van der Waals surface area contributed by atoms with Gasteiger partial charge in [-0.2, -0.15) is 9.97 Å². The lowest BCUT2D eigenvalue weighted by atomic mass is 9.98. The molecule has 3 unspecified atom stereocenters. The maximum atomic E-state index is 13.2. The maximum Gasteiger partial charge on any atom is 0.267 e. The highest BCUT2D eigenvalue weighted by molar-refractivity contribution is 5.93. The first-order valence-corrected chi connectivity index (χ1v) is 15.7. The molecule has 4 atom stereocenters. The zero-order valence-corrected chi connectivity index (χ0v) is 25.2. The van der Waals surface area contributed by atoms with E-state index in [1.165, 1.54) is 30.5 Å². The number of hydrogen-bond acceptors (Lipinski definition) is 8. The van der Waals surface area contributed by atoms with Crippen LogP contribution in [0.25, 0.3) is 5.78 Å². The van der Waals surface area contributed by atoms with Crippen molar-refractivity contribution in [2.75, 3.05) is 50.5 Å². The molecular weight excluding hydrogens is 556 g/mol. The third-order valence-corrected chi connectivity index (χ3v) is 10.0. The highest BCUT2D eigenvalue weighted by Gasteiger charge is 2.39. The number of amides is 2. The van der Waals surface area contributed by atoms with Gasteiger partial charge >= 0.3 is 0 Å². The first-order valence-electron chi connectivity index (χ1n) is 15.7. The van der Waals surface area contributed by atoms with Gasteiger partial charge in [-0.25, -0.2) is 4.98 Å². The average Bonchev–Trinajstić information content (AvgIpc) is 3.83. The van der Waals surface area contributed by atoms with E-state index in [0.717, 1.165) is 43.7 Å². The van der Waals surface area contributed by atoms with E-state index in [2.05, 4.69) is 36.5 Å². The minimum absolute atomic E-state index is 0.00527. The predicted octanol–water partition coefficient (Wildman–Crippen LogP) is 3.40. The van der Waals surface area contributed by atoms with E-state index in [9.17, 15) is 9.59 Å². The lowest BCUT2D eigenvalue weighted by Gasteiger charge is -2.37. The predicted molar refractivity (Wildman–Crippen MR) is 166 cm³/mol. The number of nitrogens with zero attached hydrogens (tertiary/aromatic N) is 7. The van der Waals surface area contributed by atoms with Gasteiger partial charge in [-0.05, 0) is 80.3 Å². The largest absolute Gasteiger partial charge is 0.354 e. The van der Waals surface area contributed by atoms with E-state index in [0.29, 0.717) is 41.7 Å². The maximum absolute atomic E-state index is 13.2. The van der Waals surface area contributed by atoms with E-state index >= 15 is 0 Å². The Kier molecular flexibility index (Phi) is 6.55. The topological polar surface area (TPSA) is 127 Å². The van der Waals surface area contributed by atoms with Gasteiger partial charge in [-0.1, -0.05) is 12.1 Å². The summed E-state index contributed by atoms with van der Waals surface area (Å²) in [5, 5.41) is 6.70. The summed E-state index contributed by atoms with van der Waals surface area (Å²) in [6, 6.07) is 9.74. The Morgan fingerprint density at radius 2 is 1.86 bits per heavy atom. The van der Waals surface area contributed by atoms with Gasteiger partial charge in [0, 0.05) is 63.0 Å². The van der Waals surface area contributed by atoms with Crippen molar-refractivity contribution in [1.29, 1.82) is 0 Å². The molecule has 0 radical (unpaired) electrons. The number of H-pyrrole nitrogens is 1. The smallest absolute Gasteiger partial charge is 0.267 e. The number of carbonyl (C=O) groups is 2. The monoisotopic (exact) mass is 594 g/mol. The fourth-order valence-corrected chi connectivity index (χ4v) is 7.61. The highest BCUT2D eigenvalue weighted by atomic mass is 16.2. The molecule has 5 heterocycles. The molecule has 1 saturated carbocycles. The average molecular weight is 595 g/mol. The minimum atomic E-state index is -0.283. The van der Waals surface area contributed by atoms with Crippen LogP contribution in [0.1, 0.15) is 77.3 Å². The van der Waals surface area contributed by atoms with E-state index in [4.69, 9.17) is 9.97 Å². The Labute approximate surface area is 255 Å². The van der Waals surface area contributed by atoms with Crippen molar-refractivity contribution in [3.63, 3.8) is 0 Å². The number of piperazine rings is 1. The molecule has 2 aliphatic heterocycles. The van der Waals surface area contributed by atoms with Crippen LogP contribution in [0.2, 0.25) is 0 Å². The molecule has 2 saturated heterocycles. The van der Waals surface area contributed by atoms with Crippen molar-refractivity contribution < 1.29 is 9.59 Å². The summed E-state index contributed by atoms with van der Waals surface area (Å²) >= 11 is 0. The molecule has 12 nitrogen and oxygen atoms in total. The molecule has 3 aromatic heterocycles. The zero-order chi connectivity index (χ0) is 29.9. The molecule has 3 N–H and O–H groups in total. The van der Waals surface area contributed by atoms with Crippen LogP contribution in [0.5, 0.6) is 0 Å². The van der Waals surface area contributed by atoms with E-state index in [1.807, 2.05) is 49.0 Å². The summed E-state index contributed by atoms with van der Waals surface area (Å²) in [6.07, 6.45) is 9.09. The zero-order valence-electron chi connectivity index (χ0n) is 25.2. The molecule has 4 aliphatic rings. The Morgan fingerprint density at radius 1 is 1.02 bits per heavy atom. The summed E-state index contributed by atoms with van der Waals surface area (Å²) in [7, 11) is 3.85. The molecule has 3 fully saturated rings. The van der Waals surface area contributed by atoms with Gasteiger partial charge < -0.3 is 25.4 Å². The number of hydrogen-bond donors (Lipinski definition) is 3. The van der Waals surface area contributed by atoms with Crippen molar-refractivity contribution in [1.82, 2.24) is 39.5 Å². The number of rotatable bonds is 6. The molecule has 0 spiro atoms. The number of likely N-dealkylation sites (N-methyl/N-ethyl adjacent to an activating group) is 2. The lowest BCUT2D eigenvalue weighted by Crippen LogP contribution is -2.48. The quantitative estimate of drug-likeness (QED) is 0.310. The first-order chi connectivity index (χ1) is 21.4. The number of nitrogens with one attached hydrogen (secondary N) is 3. The van der Waals surface area contributed by atoms with Crippen molar-refractivity contribution >= 4 is 35.2 Å². The van der Waals surface area contributed by atoms with Gasteiger partial charge in [0.25, 0.3) is 5.91 Å². The van der Waals surface area contributed by atoms with Crippen molar-refractivity contribution in [2.24, 2.45) is 0 Å². The minimum Gasteiger partial charge on any atom is -0.354 e. The molecular formula is C32H38N10O2. The standard InChI is InChI=1S/C32H38N10O2/c1-39-14-15-40(2)29(44)27(39)19-7-9-22(10-8-19)35-32-38-31(37-30-33-11-13-42(30)32)41-12-3-4-23(18-41)34-28(43)25-17-24-20-5-6-21(16-20)26(24)36-25/h7-11,13,17,20-21,23,27,36H,3-6,12,14-16,18H2,1-2H3,(H,34,43)(H,33,35,37,38)/t20?,21?,23-,27?/m0/s1. The van der Waals surface area contributed by atoms with Gasteiger partial charge in [0.05, 0.1) is 0 Å². The number of aromatic nitrogens is 5. The van der Waals surface area contributed by atoms with Gasteiger partial charge in [0.2, 0.25) is 23.6 Å². The summed E-state index contributed by atoms with van der Waals surface area (Å²) in [5.74, 6) is 3.03. The van der Waals surface area contributed by atoms with Crippen molar-refractivity contribution in [3.05, 3.63) is 65.2 Å². The Morgan fingerprint density at radius 3 is 2.70 bits per heavy atom. The van der Waals surface area contributed by atoms with Crippen LogP contribution < -0.4 is 15.5 Å². The first kappa shape index (κ1) is 27.1. The summed E-state index contributed by atoms with van der Waals surface area (Å²) in [5.41, 5.74) is 5.14. The van der Waals surface area contributed by atoms with E-state index in [-0.39, 0.29) is 23.9 Å². The second kappa shape index (κ2) is 10.6. The van der Waals surface area contributed by atoms with E-state index < -0.39 is 0 Å². The number of anilines is 3. The molecule has 4 aromatic rings. The summed E-state index contributed by atoms with van der Waals surface area (Å²) < 4.78 is 1.82. The fraction of sp³-hybridized carbons (Fsp3) is 0.469. The SMILES string of the molecule is CN1CCN(C)C(c2ccc(Nc3nc(N4CCC[C@H](NC(=O)c5cc6c([nH]5)C5CCC6C5)C4)nc4nccn34)cc2)C1=O. The second-order valence-corrected chi connectivity index (χ2v) is 12.9. The third kappa shape index (κ3) is 4.68. The van der Waals surface area contributed by atoms with E-state index in [1.54, 1.807) is 11.1 Å². The highest BCUT2D eigenvalue weighted by Crippen LogP contribution is 2.52. The third-order valence-electron chi connectivity index (χ3n) is 10.0. The Bertz CT molecular complexity index is 1700. The summed E-state index contributed by atoms with van der Waals surface area (Å²) in [4.78, 5) is 49.6. The fourth-order valence-electron chi connectivity index (χ4n) is 7.61. The van der Waals surface area contributed by atoms with Crippen molar-refractivity contribution in [2.45, 2.75) is 56.0 Å². The van der Waals surface area contributed by atoms with Gasteiger partial charge in [-0.3, -0.25) is 18.9 Å². The van der Waals surface area contributed by atoms with Crippen LogP contribution in [0, 0.1) is 0 Å². The van der Waals surface area contributed by atoms with Crippen LogP contribution in [0.15, 0.2) is 42.7 Å². The molecule has 2 aliphatic carbocycles. The normalized spacial score (nSPS) is 25.1. The number of imidazole rings is 1. The van der Waals surface area contributed by atoms with Gasteiger partial charge in [0.1, 0.15) is 11.7 Å². The number of aromatic amines is 1. The molecule has 2 amide bonds. The second-order valence-electron chi connectivity index (χ2n) is 12.9. The summed E-state index contributed by atoms with van der Waals surface area (Å²) in [6.45, 7) is 3.00. The number of benzene rings is 1. The number of carbonyl (C=O) groups excluding carboxylic acids is 2. The molecule has 12 heteroatoms. The van der Waals surface area contributed by atoms with Crippen LogP contribution >= 0.6 is 0 Å². The van der Waals surface area contributed by atoms with Crippen molar-refractivity contribution in [3.8, 4) is 0 Å². The van der Waals surface area contributed by atoms with Crippen LogP contribution in [-0.2, 0) is 4.79 Å².